The minimum absolute atomic E-state index is 0.0689. The van der Waals surface area contributed by atoms with Crippen molar-refractivity contribution in [2.45, 2.75) is 13.8 Å². The summed E-state index contributed by atoms with van der Waals surface area (Å²) in [7, 11) is 0. The molecule has 0 aliphatic carbocycles. The van der Waals surface area contributed by atoms with E-state index < -0.39 is 0 Å². The van der Waals surface area contributed by atoms with Crippen LogP contribution in [0.2, 0.25) is 0 Å². The summed E-state index contributed by atoms with van der Waals surface area (Å²) in [5.74, 6) is -0.0689. The molecule has 0 unspecified atom stereocenters. The molecule has 0 fully saturated rings. The molecule has 2 heterocycles. The van der Waals surface area contributed by atoms with E-state index >= 15 is 0 Å². The molecular weight excluding hydrogens is 228 g/mol. The largest absolute Gasteiger partial charge is 0.297 e. The molecule has 1 amide bonds. The van der Waals surface area contributed by atoms with Crippen molar-refractivity contribution in [3.63, 3.8) is 0 Å². The first-order chi connectivity index (χ1) is 7.16. The van der Waals surface area contributed by atoms with Gasteiger partial charge in [0.25, 0.3) is 5.91 Å². The average Bonchev–Trinajstić information content (AvgIpc) is 2.75. The van der Waals surface area contributed by atoms with Crippen LogP contribution in [0.4, 0.5) is 5.13 Å². The van der Waals surface area contributed by atoms with Crippen LogP contribution in [-0.2, 0) is 0 Å². The van der Waals surface area contributed by atoms with Crippen molar-refractivity contribution in [1.82, 2.24) is 4.98 Å². The number of rotatable bonds is 2. The van der Waals surface area contributed by atoms with Gasteiger partial charge >= 0.3 is 0 Å². The van der Waals surface area contributed by atoms with Gasteiger partial charge in [0.2, 0.25) is 0 Å². The number of hydrogen-bond donors (Lipinski definition) is 1. The standard InChI is InChI=1S/C10H10N2OS2/c1-6-5-7(2)15-8(6)9(13)12-10-11-3-4-14-10/h3-5H,1-2H3,(H,11,12,13). The summed E-state index contributed by atoms with van der Waals surface area (Å²) in [5, 5.41) is 5.25. The number of thiazole rings is 1. The van der Waals surface area contributed by atoms with Gasteiger partial charge < -0.3 is 0 Å². The molecule has 0 spiro atoms. The lowest BCUT2D eigenvalue weighted by molar-refractivity contribution is 0.103. The van der Waals surface area contributed by atoms with Gasteiger partial charge in [-0.1, -0.05) is 0 Å². The maximum Gasteiger partial charge on any atom is 0.267 e. The SMILES string of the molecule is Cc1cc(C)c(C(=O)Nc2nccs2)s1. The van der Waals surface area contributed by atoms with Crippen LogP contribution < -0.4 is 5.32 Å². The van der Waals surface area contributed by atoms with Gasteiger partial charge in [0.15, 0.2) is 5.13 Å². The molecule has 3 nitrogen and oxygen atoms in total. The van der Waals surface area contributed by atoms with Gasteiger partial charge in [0, 0.05) is 16.5 Å². The number of hydrogen-bond acceptors (Lipinski definition) is 4. The zero-order valence-corrected chi connectivity index (χ0v) is 10.0. The average molecular weight is 238 g/mol. The fraction of sp³-hybridized carbons (Fsp3) is 0.200. The minimum Gasteiger partial charge on any atom is -0.297 e. The molecule has 0 bridgehead atoms. The molecule has 1 N–H and O–H groups in total. The Labute approximate surface area is 95.8 Å². The number of aromatic nitrogens is 1. The molecule has 15 heavy (non-hydrogen) atoms. The molecule has 0 saturated heterocycles. The molecule has 0 aromatic carbocycles. The first kappa shape index (κ1) is 10.3. The van der Waals surface area contributed by atoms with E-state index in [1.807, 2.05) is 25.3 Å². The Hall–Kier alpha value is -1.20. The van der Waals surface area contributed by atoms with Crippen molar-refractivity contribution in [2.75, 3.05) is 5.32 Å². The summed E-state index contributed by atoms with van der Waals surface area (Å²) < 4.78 is 0. The Morgan fingerprint density at radius 1 is 1.47 bits per heavy atom. The number of aryl methyl sites for hydroxylation is 2. The van der Waals surface area contributed by atoms with E-state index in [2.05, 4.69) is 10.3 Å². The van der Waals surface area contributed by atoms with Gasteiger partial charge in [0.05, 0.1) is 4.88 Å². The summed E-state index contributed by atoms with van der Waals surface area (Å²) in [5.41, 5.74) is 1.02. The lowest BCUT2D eigenvalue weighted by atomic mass is 10.2. The van der Waals surface area contributed by atoms with Gasteiger partial charge in [-0.3, -0.25) is 10.1 Å². The maximum absolute atomic E-state index is 11.8. The number of carbonyl (C=O) groups excluding carboxylic acids is 1. The van der Waals surface area contributed by atoms with Crippen LogP contribution in [0.3, 0.4) is 0 Å². The molecule has 5 heteroatoms. The van der Waals surface area contributed by atoms with E-state index in [0.717, 1.165) is 15.3 Å². The highest BCUT2D eigenvalue weighted by molar-refractivity contribution is 7.15. The second-order valence-electron chi connectivity index (χ2n) is 3.16. The fourth-order valence-electron chi connectivity index (χ4n) is 1.31. The third-order valence-electron chi connectivity index (χ3n) is 1.90. The molecule has 0 aliphatic heterocycles. The Kier molecular flexibility index (Phi) is 2.83. The highest BCUT2D eigenvalue weighted by Crippen LogP contribution is 2.22. The Morgan fingerprint density at radius 2 is 2.27 bits per heavy atom. The van der Waals surface area contributed by atoms with E-state index in [1.54, 1.807) is 6.20 Å². The number of carbonyl (C=O) groups is 1. The molecule has 0 atom stereocenters. The zero-order valence-electron chi connectivity index (χ0n) is 8.40. The summed E-state index contributed by atoms with van der Waals surface area (Å²) in [6, 6.07) is 2.02. The van der Waals surface area contributed by atoms with Crippen molar-refractivity contribution in [2.24, 2.45) is 0 Å². The lowest BCUT2D eigenvalue weighted by Gasteiger charge is -1.99. The van der Waals surface area contributed by atoms with E-state index in [4.69, 9.17) is 0 Å². The number of anilines is 1. The molecule has 2 aromatic rings. The van der Waals surface area contributed by atoms with Crippen molar-refractivity contribution < 1.29 is 4.79 Å². The van der Waals surface area contributed by atoms with Crippen molar-refractivity contribution in [3.05, 3.63) is 33.0 Å². The second-order valence-corrected chi connectivity index (χ2v) is 5.31. The van der Waals surface area contributed by atoms with Gasteiger partial charge in [-0.25, -0.2) is 4.98 Å². The normalized spacial score (nSPS) is 10.3. The number of amides is 1. The molecule has 2 rings (SSSR count). The zero-order chi connectivity index (χ0) is 10.8. The summed E-state index contributed by atoms with van der Waals surface area (Å²) in [4.78, 5) is 17.7. The number of nitrogens with zero attached hydrogens (tertiary/aromatic N) is 1. The van der Waals surface area contributed by atoms with Gasteiger partial charge in [-0.2, -0.15) is 0 Å². The van der Waals surface area contributed by atoms with Crippen LogP contribution in [0.25, 0.3) is 0 Å². The predicted molar refractivity (Wildman–Crippen MR) is 63.9 cm³/mol. The number of thiophene rings is 1. The molecule has 2 aromatic heterocycles. The monoisotopic (exact) mass is 238 g/mol. The van der Waals surface area contributed by atoms with Gasteiger partial charge in [-0.05, 0) is 25.5 Å². The third-order valence-corrected chi connectivity index (χ3v) is 3.74. The topological polar surface area (TPSA) is 42.0 Å². The first-order valence-corrected chi connectivity index (χ1v) is 6.14. The van der Waals surface area contributed by atoms with Crippen LogP contribution in [0, 0.1) is 13.8 Å². The van der Waals surface area contributed by atoms with Crippen molar-refractivity contribution in [3.8, 4) is 0 Å². The summed E-state index contributed by atoms with van der Waals surface area (Å²) >= 11 is 2.93. The minimum atomic E-state index is -0.0689. The van der Waals surface area contributed by atoms with Gasteiger partial charge in [-0.15, -0.1) is 22.7 Å². The maximum atomic E-state index is 11.8. The predicted octanol–water partition coefficient (Wildman–Crippen LogP) is 3.07. The molecule has 0 aliphatic rings. The Balaban J connectivity index is 2.18. The van der Waals surface area contributed by atoms with E-state index in [1.165, 1.54) is 22.7 Å². The van der Waals surface area contributed by atoms with Crippen LogP contribution in [0.1, 0.15) is 20.1 Å². The molecule has 0 saturated carbocycles. The Morgan fingerprint density at radius 3 is 2.80 bits per heavy atom. The van der Waals surface area contributed by atoms with Crippen LogP contribution in [0.5, 0.6) is 0 Å². The second kappa shape index (κ2) is 4.12. The fourth-order valence-corrected chi connectivity index (χ4v) is 2.75. The first-order valence-electron chi connectivity index (χ1n) is 4.44. The molecular formula is C10H10N2OS2. The van der Waals surface area contributed by atoms with E-state index in [-0.39, 0.29) is 5.91 Å². The van der Waals surface area contributed by atoms with Crippen LogP contribution >= 0.6 is 22.7 Å². The summed E-state index contributed by atoms with van der Waals surface area (Å²) in [6.07, 6.45) is 1.67. The quantitative estimate of drug-likeness (QED) is 0.873. The van der Waals surface area contributed by atoms with E-state index in [9.17, 15) is 4.79 Å². The van der Waals surface area contributed by atoms with Crippen LogP contribution in [0.15, 0.2) is 17.6 Å². The summed E-state index contributed by atoms with van der Waals surface area (Å²) in [6.45, 7) is 3.94. The molecule has 78 valence electrons. The smallest absolute Gasteiger partial charge is 0.267 e. The van der Waals surface area contributed by atoms with Crippen molar-refractivity contribution >= 4 is 33.7 Å². The third kappa shape index (κ3) is 2.24. The van der Waals surface area contributed by atoms with Crippen molar-refractivity contribution in [1.29, 1.82) is 0 Å². The Bertz CT molecular complexity index is 474. The highest BCUT2D eigenvalue weighted by atomic mass is 32.1. The highest BCUT2D eigenvalue weighted by Gasteiger charge is 2.12. The lowest BCUT2D eigenvalue weighted by Crippen LogP contribution is -2.10. The van der Waals surface area contributed by atoms with Crippen LogP contribution in [-0.4, -0.2) is 10.9 Å². The number of nitrogens with one attached hydrogen (secondary N) is 1. The van der Waals surface area contributed by atoms with Gasteiger partial charge in [0.1, 0.15) is 0 Å². The van der Waals surface area contributed by atoms with E-state index in [0.29, 0.717) is 5.13 Å². The molecule has 0 radical (unpaired) electrons.